The lowest BCUT2D eigenvalue weighted by Gasteiger charge is -2.05. The van der Waals surface area contributed by atoms with Gasteiger partial charge < -0.3 is 5.73 Å². The van der Waals surface area contributed by atoms with Gasteiger partial charge in [-0.25, -0.2) is 0 Å². The molecule has 0 saturated carbocycles. The van der Waals surface area contributed by atoms with Crippen molar-refractivity contribution >= 4 is 40.6 Å². The average Bonchev–Trinajstić information content (AvgIpc) is 2.49. The van der Waals surface area contributed by atoms with Crippen LogP contribution >= 0.6 is 34.8 Å². The number of anilines is 1. The first kappa shape index (κ1) is 10.5. The molecule has 0 aliphatic carbocycles. The van der Waals surface area contributed by atoms with E-state index in [0.717, 1.165) is 0 Å². The fourth-order valence-electron chi connectivity index (χ4n) is 1.11. The summed E-state index contributed by atoms with van der Waals surface area (Å²) in [5.74, 6) is 0.289. The molecule has 0 radical (unpaired) electrons. The summed E-state index contributed by atoms with van der Waals surface area (Å²) in [6.45, 7) is 0. The molecule has 4 nitrogen and oxygen atoms in total. The van der Waals surface area contributed by atoms with Gasteiger partial charge in [0.1, 0.15) is 5.69 Å². The second kappa shape index (κ2) is 3.89. The van der Waals surface area contributed by atoms with Crippen LogP contribution in [0.2, 0.25) is 15.1 Å². The van der Waals surface area contributed by atoms with Crippen molar-refractivity contribution in [1.82, 2.24) is 15.0 Å². The molecule has 0 fully saturated rings. The Bertz CT molecular complexity index is 485. The first-order valence-electron chi connectivity index (χ1n) is 3.90. The van der Waals surface area contributed by atoms with Crippen LogP contribution in [0.25, 0.3) is 5.69 Å². The Labute approximate surface area is 101 Å². The van der Waals surface area contributed by atoms with E-state index in [9.17, 15) is 0 Å². The largest absolute Gasteiger partial charge is 0.381 e. The van der Waals surface area contributed by atoms with Crippen molar-refractivity contribution in [3.63, 3.8) is 0 Å². The van der Waals surface area contributed by atoms with E-state index in [1.54, 1.807) is 12.1 Å². The molecule has 2 rings (SSSR count). The average molecular weight is 264 g/mol. The Morgan fingerprint density at radius 2 is 1.73 bits per heavy atom. The van der Waals surface area contributed by atoms with Crippen LogP contribution in [0.3, 0.4) is 0 Å². The molecular formula is C8H5Cl3N4. The number of benzene rings is 1. The van der Waals surface area contributed by atoms with Crippen molar-refractivity contribution in [2.75, 3.05) is 5.73 Å². The SMILES string of the molecule is Nc1cnn(-c2c(Cl)cc(Cl)cc2Cl)n1. The molecular weight excluding hydrogens is 258 g/mol. The second-order valence-electron chi connectivity index (χ2n) is 2.78. The fraction of sp³-hybridized carbons (Fsp3) is 0. The van der Waals surface area contributed by atoms with E-state index in [1.165, 1.54) is 11.0 Å². The monoisotopic (exact) mass is 262 g/mol. The Morgan fingerprint density at radius 1 is 1.13 bits per heavy atom. The zero-order valence-corrected chi connectivity index (χ0v) is 9.55. The quantitative estimate of drug-likeness (QED) is 0.861. The molecule has 1 aromatic heterocycles. The van der Waals surface area contributed by atoms with Crippen LogP contribution in [0.15, 0.2) is 18.3 Å². The molecule has 0 spiro atoms. The second-order valence-corrected chi connectivity index (χ2v) is 4.03. The van der Waals surface area contributed by atoms with E-state index in [0.29, 0.717) is 20.8 Å². The number of nitrogens with two attached hydrogens (primary N) is 1. The van der Waals surface area contributed by atoms with Crippen molar-refractivity contribution in [2.45, 2.75) is 0 Å². The summed E-state index contributed by atoms with van der Waals surface area (Å²) in [6, 6.07) is 3.12. The molecule has 78 valence electrons. The normalized spacial score (nSPS) is 10.6. The van der Waals surface area contributed by atoms with Gasteiger partial charge in [-0.1, -0.05) is 34.8 Å². The minimum Gasteiger partial charge on any atom is -0.381 e. The molecule has 1 heterocycles. The lowest BCUT2D eigenvalue weighted by atomic mass is 10.3. The number of hydrogen-bond acceptors (Lipinski definition) is 3. The highest BCUT2D eigenvalue weighted by atomic mass is 35.5. The van der Waals surface area contributed by atoms with Gasteiger partial charge in [-0.3, -0.25) is 0 Å². The smallest absolute Gasteiger partial charge is 0.166 e. The highest BCUT2D eigenvalue weighted by Gasteiger charge is 2.11. The van der Waals surface area contributed by atoms with Crippen molar-refractivity contribution in [3.05, 3.63) is 33.4 Å². The Hall–Kier alpha value is -0.970. The van der Waals surface area contributed by atoms with Crippen molar-refractivity contribution in [1.29, 1.82) is 0 Å². The van der Waals surface area contributed by atoms with Crippen molar-refractivity contribution in [3.8, 4) is 5.69 Å². The van der Waals surface area contributed by atoms with Crippen LogP contribution in [-0.4, -0.2) is 15.0 Å². The summed E-state index contributed by atoms with van der Waals surface area (Å²) in [4.78, 5) is 1.26. The molecule has 15 heavy (non-hydrogen) atoms. The van der Waals surface area contributed by atoms with Crippen LogP contribution in [-0.2, 0) is 0 Å². The maximum atomic E-state index is 5.97. The third-order valence-electron chi connectivity index (χ3n) is 1.69. The Kier molecular flexibility index (Phi) is 2.73. The van der Waals surface area contributed by atoms with Crippen LogP contribution in [0.4, 0.5) is 5.82 Å². The van der Waals surface area contributed by atoms with Gasteiger partial charge in [-0.05, 0) is 12.1 Å². The molecule has 0 unspecified atom stereocenters. The molecule has 0 atom stereocenters. The van der Waals surface area contributed by atoms with E-state index in [1.807, 2.05) is 0 Å². The minimum atomic E-state index is 0.289. The number of nitrogen functional groups attached to an aromatic ring is 1. The summed E-state index contributed by atoms with van der Waals surface area (Å²) >= 11 is 17.7. The third kappa shape index (κ3) is 2.02. The Morgan fingerprint density at radius 3 is 2.20 bits per heavy atom. The molecule has 0 amide bonds. The van der Waals surface area contributed by atoms with Crippen LogP contribution in [0.5, 0.6) is 0 Å². The predicted octanol–water partition coefficient (Wildman–Crippen LogP) is 2.81. The lowest BCUT2D eigenvalue weighted by Crippen LogP contribution is -2.01. The number of nitrogens with zero attached hydrogens (tertiary/aromatic N) is 3. The zero-order chi connectivity index (χ0) is 11.0. The van der Waals surface area contributed by atoms with Crippen LogP contribution in [0.1, 0.15) is 0 Å². The fourth-order valence-corrected chi connectivity index (χ4v) is 2.08. The molecule has 0 aliphatic rings. The molecule has 0 aliphatic heterocycles. The van der Waals surface area contributed by atoms with E-state index >= 15 is 0 Å². The molecule has 0 saturated heterocycles. The van der Waals surface area contributed by atoms with Gasteiger partial charge in [0, 0.05) is 5.02 Å². The zero-order valence-electron chi connectivity index (χ0n) is 7.28. The van der Waals surface area contributed by atoms with E-state index in [4.69, 9.17) is 40.5 Å². The summed E-state index contributed by atoms with van der Waals surface area (Å²) in [6.07, 6.45) is 1.40. The van der Waals surface area contributed by atoms with Crippen molar-refractivity contribution in [2.24, 2.45) is 0 Å². The topological polar surface area (TPSA) is 56.7 Å². The summed E-state index contributed by atoms with van der Waals surface area (Å²) in [5, 5.41) is 8.99. The van der Waals surface area contributed by atoms with E-state index in [2.05, 4.69) is 10.2 Å². The molecule has 2 N–H and O–H groups in total. The third-order valence-corrected chi connectivity index (χ3v) is 2.49. The minimum absolute atomic E-state index is 0.289. The first-order chi connectivity index (χ1) is 7.08. The summed E-state index contributed by atoms with van der Waals surface area (Å²) < 4.78 is 0. The van der Waals surface area contributed by atoms with E-state index in [-0.39, 0.29) is 5.82 Å². The van der Waals surface area contributed by atoms with Gasteiger partial charge in [0.25, 0.3) is 0 Å². The highest BCUT2D eigenvalue weighted by molar-refractivity contribution is 6.40. The number of rotatable bonds is 1. The van der Waals surface area contributed by atoms with Gasteiger partial charge >= 0.3 is 0 Å². The standard InChI is InChI=1S/C8H5Cl3N4/c9-4-1-5(10)8(6(11)2-4)15-13-3-7(12)14-15/h1-3H,(H2,12,14). The highest BCUT2D eigenvalue weighted by Crippen LogP contribution is 2.31. The first-order valence-corrected chi connectivity index (χ1v) is 5.04. The molecule has 0 bridgehead atoms. The van der Waals surface area contributed by atoms with Gasteiger partial charge in [0.05, 0.1) is 16.2 Å². The lowest BCUT2D eigenvalue weighted by molar-refractivity contribution is 0.755. The summed E-state index contributed by atoms with van der Waals surface area (Å²) in [7, 11) is 0. The van der Waals surface area contributed by atoms with Crippen LogP contribution < -0.4 is 5.73 Å². The predicted molar refractivity (Wildman–Crippen MR) is 60.8 cm³/mol. The summed E-state index contributed by atoms with van der Waals surface area (Å²) in [5.41, 5.74) is 5.90. The van der Waals surface area contributed by atoms with E-state index < -0.39 is 0 Å². The van der Waals surface area contributed by atoms with Crippen molar-refractivity contribution < 1.29 is 0 Å². The maximum absolute atomic E-state index is 5.97. The maximum Gasteiger partial charge on any atom is 0.166 e. The molecule has 1 aromatic carbocycles. The number of halogens is 3. The molecule has 7 heteroatoms. The van der Waals surface area contributed by atoms with Gasteiger partial charge in [0.15, 0.2) is 5.82 Å². The van der Waals surface area contributed by atoms with Crippen LogP contribution in [0, 0.1) is 0 Å². The Balaban J connectivity index is 2.62. The van der Waals surface area contributed by atoms with Gasteiger partial charge in [-0.15, -0.1) is 9.90 Å². The van der Waals surface area contributed by atoms with Gasteiger partial charge in [-0.2, -0.15) is 5.10 Å². The number of aromatic nitrogens is 3. The van der Waals surface area contributed by atoms with Gasteiger partial charge in [0.2, 0.25) is 0 Å². The number of hydrogen-bond donors (Lipinski definition) is 1. The molecule has 2 aromatic rings.